The van der Waals surface area contributed by atoms with E-state index in [0.717, 1.165) is 12.8 Å². The lowest BCUT2D eigenvalue weighted by molar-refractivity contribution is -0.139. The Morgan fingerprint density at radius 2 is 2.04 bits per heavy atom. The monoisotopic (exact) mass is 369 g/mol. The molecule has 2 rings (SSSR count). The van der Waals surface area contributed by atoms with Crippen molar-refractivity contribution >= 4 is 23.5 Å². The van der Waals surface area contributed by atoms with Crippen molar-refractivity contribution in [3.8, 4) is 11.5 Å². The van der Waals surface area contributed by atoms with Crippen molar-refractivity contribution < 1.29 is 24.2 Å². The van der Waals surface area contributed by atoms with Crippen LogP contribution in [-0.4, -0.2) is 36.7 Å². The van der Waals surface area contributed by atoms with Crippen molar-refractivity contribution in [3.05, 3.63) is 22.7 Å². The molecule has 7 heteroatoms. The van der Waals surface area contributed by atoms with Gasteiger partial charge in [0, 0.05) is 5.56 Å². The third-order valence-electron chi connectivity index (χ3n) is 3.92. The molecule has 0 heterocycles. The molecule has 0 saturated heterocycles. The number of carbonyl (C=O) groups excluding carboxylic acids is 1. The second kappa shape index (κ2) is 8.43. The topological polar surface area (TPSA) is 84.9 Å². The number of ether oxygens (including phenoxy) is 2. The van der Waals surface area contributed by atoms with Crippen molar-refractivity contribution in [3.63, 3.8) is 0 Å². The molecule has 2 N–H and O–H groups in total. The van der Waals surface area contributed by atoms with E-state index in [1.165, 1.54) is 19.2 Å². The molecule has 6 nitrogen and oxygen atoms in total. The molecule has 0 aliphatic heterocycles. The van der Waals surface area contributed by atoms with Crippen LogP contribution in [0, 0.1) is 11.8 Å². The number of methoxy groups -OCH3 is 1. The van der Waals surface area contributed by atoms with Gasteiger partial charge >= 0.3 is 5.97 Å². The fourth-order valence-corrected chi connectivity index (χ4v) is 2.66. The van der Waals surface area contributed by atoms with Crippen LogP contribution in [-0.2, 0) is 4.79 Å². The van der Waals surface area contributed by atoms with Crippen LogP contribution < -0.4 is 14.8 Å². The molecule has 1 aromatic carbocycles. The predicted molar refractivity (Wildman–Crippen MR) is 94.6 cm³/mol. The number of aliphatic carboxylic acids is 1. The zero-order valence-electron chi connectivity index (χ0n) is 14.7. The van der Waals surface area contributed by atoms with E-state index >= 15 is 0 Å². The summed E-state index contributed by atoms with van der Waals surface area (Å²) in [7, 11) is 1.46. The molecule has 1 fully saturated rings. The second-order valence-electron chi connectivity index (χ2n) is 6.74. The lowest BCUT2D eigenvalue weighted by Gasteiger charge is -2.17. The van der Waals surface area contributed by atoms with Gasteiger partial charge in [0.15, 0.2) is 11.5 Å². The molecule has 0 spiro atoms. The molecule has 1 aliphatic rings. The first-order valence-electron chi connectivity index (χ1n) is 8.35. The molecule has 1 amide bonds. The van der Waals surface area contributed by atoms with Gasteiger partial charge in [0.2, 0.25) is 0 Å². The highest BCUT2D eigenvalue weighted by atomic mass is 35.5. The van der Waals surface area contributed by atoms with Crippen molar-refractivity contribution in [2.24, 2.45) is 11.8 Å². The predicted octanol–water partition coefficient (Wildman–Crippen LogP) is 3.37. The molecule has 25 heavy (non-hydrogen) atoms. The number of carboxylic acids is 1. The highest BCUT2D eigenvalue weighted by Crippen LogP contribution is 2.37. The van der Waals surface area contributed by atoms with Crippen LogP contribution in [0.25, 0.3) is 0 Å². The van der Waals surface area contributed by atoms with Gasteiger partial charge in [0.1, 0.15) is 6.04 Å². The summed E-state index contributed by atoms with van der Waals surface area (Å²) in [6, 6.07) is 2.07. The number of hydrogen-bond acceptors (Lipinski definition) is 4. The quantitative estimate of drug-likeness (QED) is 0.697. The molecule has 1 unspecified atom stereocenters. The fourth-order valence-electron chi connectivity index (χ4n) is 2.39. The van der Waals surface area contributed by atoms with Gasteiger partial charge in [0.25, 0.3) is 5.91 Å². The Bertz CT molecular complexity index is 643. The highest BCUT2D eigenvalue weighted by Gasteiger charge is 2.30. The molecule has 0 radical (unpaired) electrons. The van der Waals surface area contributed by atoms with Gasteiger partial charge in [-0.25, -0.2) is 4.79 Å². The molecule has 1 aliphatic carbocycles. The molecular formula is C18H24ClNO5. The highest BCUT2D eigenvalue weighted by molar-refractivity contribution is 6.32. The third-order valence-corrected chi connectivity index (χ3v) is 4.20. The molecule has 0 bridgehead atoms. The average molecular weight is 370 g/mol. The summed E-state index contributed by atoms with van der Waals surface area (Å²) in [6.45, 7) is 4.48. The van der Waals surface area contributed by atoms with E-state index in [2.05, 4.69) is 5.32 Å². The lowest BCUT2D eigenvalue weighted by Crippen LogP contribution is -2.41. The molecule has 0 aromatic heterocycles. The first kappa shape index (κ1) is 19.4. The maximum Gasteiger partial charge on any atom is 0.326 e. The summed E-state index contributed by atoms with van der Waals surface area (Å²) in [5.74, 6) is -0.123. The summed E-state index contributed by atoms with van der Waals surface area (Å²) in [6.07, 6.45) is 2.48. The van der Waals surface area contributed by atoms with E-state index < -0.39 is 17.9 Å². The number of benzene rings is 1. The minimum Gasteiger partial charge on any atom is -0.493 e. The van der Waals surface area contributed by atoms with Crippen LogP contribution in [0.5, 0.6) is 11.5 Å². The number of hydrogen-bond donors (Lipinski definition) is 2. The molecule has 1 aromatic rings. The number of nitrogens with one attached hydrogen (secondary N) is 1. The van der Waals surface area contributed by atoms with E-state index in [4.69, 9.17) is 21.1 Å². The number of halogens is 1. The van der Waals surface area contributed by atoms with Crippen LogP contribution in [0.1, 0.15) is 43.5 Å². The Morgan fingerprint density at radius 3 is 2.56 bits per heavy atom. The smallest absolute Gasteiger partial charge is 0.326 e. The fraction of sp³-hybridized carbons (Fsp3) is 0.556. The van der Waals surface area contributed by atoms with Crippen LogP contribution in [0.2, 0.25) is 5.02 Å². The first-order valence-corrected chi connectivity index (χ1v) is 8.73. The Balaban J connectivity index is 2.15. The molecular weight excluding hydrogens is 346 g/mol. The van der Waals surface area contributed by atoms with Crippen molar-refractivity contribution in [1.82, 2.24) is 5.32 Å². The van der Waals surface area contributed by atoms with Gasteiger partial charge in [-0.2, -0.15) is 0 Å². The maximum absolute atomic E-state index is 12.4. The number of rotatable bonds is 9. The minimum atomic E-state index is -1.03. The summed E-state index contributed by atoms with van der Waals surface area (Å²) in [5, 5.41) is 12.1. The van der Waals surface area contributed by atoms with E-state index in [1.54, 1.807) is 0 Å². The number of carboxylic acid groups (broad SMARTS) is 1. The Labute approximate surface area is 152 Å². The standard InChI is InChI=1S/C18H24ClNO5/c1-10(2)9-25-16-13(19)7-12(8-15(16)24-3)17(21)20-14(18(22)23)6-11-4-5-11/h7-8,10-11,14H,4-6,9H2,1-3H3,(H,20,21)(H,22,23). The zero-order valence-corrected chi connectivity index (χ0v) is 15.4. The van der Waals surface area contributed by atoms with Crippen LogP contribution in [0.4, 0.5) is 0 Å². The van der Waals surface area contributed by atoms with Crippen LogP contribution in [0.3, 0.4) is 0 Å². The number of carbonyl (C=O) groups is 2. The average Bonchev–Trinajstić information content (AvgIpc) is 3.35. The van der Waals surface area contributed by atoms with Crippen molar-refractivity contribution in [1.29, 1.82) is 0 Å². The lowest BCUT2D eigenvalue weighted by atomic mass is 10.1. The van der Waals surface area contributed by atoms with Crippen LogP contribution in [0.15, 0.2) is 12.1 Å². The summed E-state index contributed by atoms with van der Waals surface area (Å²) in [4.78, 5) is 23.8. The van der Waals surface area contributed by atoms with E-state index in [0.29, 0.717) is 36.4 Å². The normalized spacial score (nSPS) is 14.9. The van der Waals surface area contributed by atoms with Gasteiger partial charge in [-0.15, -0.1) is 0 Å². The Morgan fingerprint density at radius 1 is 1.36 bits per heavy atom. The van der Waals surface area contributed by atoms with Crippen molar-refractivity contribution in [2.45, 2.75) is 39.2 Å². The zero-order chi connectivity index (χ0) is 18.6. The van der Waals surface area contributed by atoms with Gasteiger partial charge < -0.3 is 19.9 Å². The summed E-state index contributed by atoms with van der Waals surface area (Å²) < 4.78 is 10.9. The maximum atomic E-state index is 12.4. The molecule has 138 valence electrons. The van der Waals surface area contributed by atoms with E-state index in [9.17, 15) is 14.7 Å². The Kier molecular flexibility index (Phi) is 6.53. The SMILES string of the molecule is COc1cc(C(=O)NC(CC2CC2)C(=O)O)cc(Cl)c1OCC(C)C. The Hall–Kier alpha value is -1.95. The number of amides is 1. The summed E-state index contributed by atoms with van der Waals surface area (Å²) >= 11 is 6.23. The van der Waals surface area contributed by atoms with E-state index in [-0.39, 0.29) is 10.6 Å². The third kappa shape index (κ3) is 5.53. The second-order valence-corrected chi connectivity index (χ2v) is 7.14. The van der Waals surface area contributed by atoms with Gasteiger partial charge in [0.05, 0.1) is 18.7 Å². The minimum absolute atomic E-state index is 0.237. The van der Waals surface area contributed by atoms with Gasteiger partial charge in [-0.1, -0.05) is 38.3 Å². The van der Waals surface area contributed by atoms with Crippen molar-refractivity contribution in [2.75, 3.05) is 13.7 Å². The van der Waals surface area contributed by atoms with Gasteiger partial charge in [-0.3, -0.25) is 4.79 Å². The first-order chi connectivity index (χ1) is 11.8. The van der Waals surface area contributed by atoms with E-state index in [1.807, 2.05) is 13.8 Å². The van der Waals surface area contributed by atoms with Gasteiger partial charge in [-0.05, 0) is 30.4 Å². The largest absolute Gasteiger partial charge is 0.493 e. The molecule has 1 atom stereocenters. The summed E-state index contributed by atoms with van der Waals surface area (Å²) in [5.41, 5.74) is 0.237. The molecule has 1 saturated carbocycles. The van der Waals surface area contributed by atoms with Crippen LogP contribution >= 0.6 is 11.6 Å².